The highest BCUT2D eigenvalue weighted by Crippen LogP contribution is 2.15. The minimum atomic E-state index is -2.98. The van der Waals surface area contributed by atoms with Gasteiger partial charge in [0.05, 0.1) is 11.5 Å². The topological polar surface area (TPSA) is 94.1 Å². The van der Waals surface area contributed by atoms with Crippen molar-refractivity contribution in [3.63, 3.8) is 0 Å². The predicted octanol–water partition coefficient (Wildman–Crippen LogP) is 0.0774. The van der Waals surface area contributed by atoms with Crippen LogP contribution in [0.2, 0.25) is 0 Å². The van der Waals surface area contributed by atoms with Crippen LogP contribution in [-0.2, 0) is 14.6 Å². The zero-order valence-corrected chi connectivity index (χ0v) is 17.1. The van der Waals surface area contributed by atoms with Gasteiger partial charge in [-0.25, -0.2) is 8.42 Å². The Hall–Kier alpha value is -2.29. The first-order valence-corrected chi connectivity index (χ1v) is 11.5. The molecule has 0 spiro atoms. The molecule has 2 N–H and O–H groups in total. The lowest BCUT2D eigenvalue weighted by Gasteiger charge is -2.37. The second kappa shape index (κ2) is 9.27. The highest BCUT2D eigenvalue weighted by atomic mass is 32.2. The summed E-state index contributed by atoms with van der Waals surface area (Å²) in [5.41, 5.74) is 1.23. The number of para-hydroxylation sites is 1. The quantitative estimate of drug-likeness (QED) is 0.530. The van der Waals surface area contributed by atoms with Gasteiger partial charge in [-0.05, 0) is 18.6 Å². The summed E-state index contributed by atoms with van der Waals surface area (Å²) in [6, 6.07) is 10.1. The Kier molecular flexibility index (Phi) is 6.77. The monoisotopic (exact) mass is 407 g/mol. The minimum Gasteiger partial charge on any atom is -0.368 e. The predicted molar refractivity (Wildman–Crippen MR) is 111 cm³/mol. The first-order chi connectivity index (χ1) is 13.5. The number of carbonyl (C=O) groups is 1. The average Bonchev–Trinajstić information content (AvgIpc) is 3.04. The lowest BCUT2D eigenvalue weighted by molar-refractivity contribution is -0.121. The van der Waals surface area contributed by atoms with Gasteiger partial charge in [-0.3, -0.25) is 9.79 Å². The van der Waals surface area contributed by atoms with E-state index in [0.29, 0.717) is 19.4 Å². The molecule has 1 aromatic carbocycles. The van der Waals surface area contributed by atoms with Crippen LogP contribution >= 0.6 is 0 Å². The summed E-state index contributed by atoms with van der Waals surface area (Å²) >= 11 is 0. The van der Waals surface area contributed by atoms with Crippen LogP contribution in [-0.4, -0.2) is 82.5 Å². The smallest absolute Gasteiger partial charge is 0.222 e. The molecule has 0 bridgehead atoms. The van der Waals surface area contributed by atoms with Gasteiger partial charge in [0, 0.05) is 57.9 Å². The molecule has 0 saturated carbocycles. The molecule has 0 aromatic heterocycles. The largest absolute Gasteiger partial charge is 0.368 e. The number of rotatable bonds is 5. The molecule has 0 aliphatic carbocycles. The van der Waals surface area contributed by atoms with E-state index in [1.165, 1.54) is 5.69 Å². The molecule has 8 nitrogen and oxygen atoms in total. The maximum atomic E-state index is 12.0. The summed E-state index contributed by atoms with van der Waals surface area (Å²) in [6.07, 6.45) is 0.800. The van der Waals surface area contributed by atoms with Crippen LogP contribution in [0.4, 0.5) is 5.69 Å². The van der Waals surface area contributed by atoms with E-state index in [2.05, 4.69) is 37.6 Å². The fourth-order valence-electron chi connectivity index (χ4n) is 3.64. The lowest BCUT2D eigenvalue weighted by atomic mass is 10.2. The highest BCUT2D eigenvalue weighted by Gasteiger charge is 2.28. The number of guanidine groups is 1. The molecule has 1 aromatic rings. The Bertz CT molecular complexity index is 789. The molecule has 1 atom stereocenters. The van der Waals surface area contributed by atoms with Crippen molar-refractivity contribution in [2.45, 2.75) is 18.9 Å². The standard InChI is InChI=1S/C19H29N5O3S/c1-20-19(21-9-7-18(25)22-16-8-14-28(26,27)15-16)24-12-10-23(11-13-24)17-5-3-2-4-6-17/h2-6,16H,7-15H2,1H3,(H,20,21)(H,22,25). The van der Waals surface area contributed by atoms with E-state index in [9.17, 15) is 13.2 Å². The van der Waals surface area contributed by atoms with E-state index in [0.717, 1.165) is 32.1 Å². The number of hydrogen-bond donors (Lipinski definition) is 2. The Morgan fingerprint density at radius 1 is 1.18 bits per heavy atom. The van der Waals surface area contributed by atoms with Crippen LogP contribution < -0.4 is 15.5 Å². The summed E-state index contributed by atoms with van der Waals surface area (Å²) < 4.78 is 22.9. The van der Waals surface area contributed by atoms with Gasteiger partial charge >= 0.3 is 0 Å². The number of amides is 1. The van der Waals surface area contributed by atoms with Crippen LogP contribution in [0.15, 0.2) is 35.3 Å². The SMILES string of the molecule is CN=C(NCCC(=O)NC1CCS(=O)(=O)C1)N1CCN(c2ccccc2)CC1. The third kappa shape index (κ3) is 5.60. The summed E-state index contributed by atoms with van der Waals surface area (Å²) in [6.45, 7) is 4.03. The van der Waals surface area contributed by atoms with E-state index < -0.39 is 9.84 Å². The van der Waals surface area contributed by atoms with E-state index >= 15 is 0 Å². The maximum Gasteiger partial charge on any atom is 0.222 e. The van der Waals surface area contributed by atoms with Crippen molar-refractivity contribution in [3.8, 4) is 0 Å². The average molecular weight is 408 g/mol. The molecule has 1 unspecified atom stereocenters. The third-order valence-corrected chi connectivity index (χ3v) is 6.91. The zero-order chi connectivity index (χ0) is 20.0. The van der Waals surface area contributed by atoms with Crippen molar-refractivity contribution < 1.29 is 13.2 Å². The van der Waals surface area contributed by atoms with Crippen LogP contribution in [0, 0.1) is 0 Å². The normalized spacial score (nSPS) is 22.2. The fourth-order valence-corrected chi connectivity index (χ4v) is 5.32. The Balaban J connectivity index is 1.39. The van der Waals surface area contributed by atoms with E-state index in [4.69, 9.17) is 0 Å². The van der Waals surface area contributed by atoms with Gasteiger partial charge in [-0.2, -0.15) is 0 Å². The molecule has 2 saturated heterocycles. The molecule has 2 fully saturated rings. The maximum absolute atomic E-state index is 12.0. The summed E-state index contributed by atoms with van der Waals surface area (Å²) in [5.74, 6) is 0.889. The number of benzene rings is 1. The molecule has 2 heterocycles. The number of sulfone groups is 1. The molecule has 9 heteroatoms. The Morgan fingerprint density at radius 3 is 2.50 bits per heavy atom. The number of hydrogen-bond acceptors (Lipinski definition) is 5. The van der Waals surface area contributed by atoms with Gasteiger partial charge in [0.1, 0.15) is 0 Å². The molecule has 28 heavy (non-hydrogen) atoms. The van der Waals surface area contributed by atoms with Crippen molar-refractivity contribution in [3.05, 3.63) is 30.3 Å². The van der Waals surface area contributed by atoms with Gasteiger partial charge in [-0.1, -0.05) is 18.2 Å². The fraction of sp³-hybridized carbons (Fsp3) is 0.579. The molecule has 154 valence electrons. The van der Waals surface area contributed by atoms with Crippen molar-refractivity contribution >= 4 is 27.4 Å². The van der Waals surface area contributed by atoms with Crippen molar-refractivity contribution in [1.29, 1.82) is 0 Å². The first-order valence-electron chi connectivity index (χ1n) is 9.72. The van der Waals surface area contributed by atoms with Gasteiger partial charge in [0.25, 0.3) is 0 Å². The second-order valence-electron chi connectivity index (χ2n) is 7.20. The summed E-state index contributed by atoms with van der Waals surface area (Å²) in [5, 5.41) is 6.06. The number of nitrogens with one attached hydrogen (secondary N) is 2. The molecule has 2 aliphatic heterocycles. The number of carbonyl (C=O) groups excluding carboxylic acids is 1. The second-order valence-corrected chi connectivity index (χ2v) is 9.43. The highest BCUT2D eigenvalue weighted by molar-refractivity contribution is 7.91. The summed E-state index contributed by atoms with van der Waals surface area (Å²) in [7, 11) is -1.23. The van der Waals surface area contributed by atoms with Crippen LogP contribution in [0.25, 0.3) is 0 Å². The van der Waals surface area contributed by atoms with Crippen molar-refractivity contribution in [1.82, 2.24) is 15.5 Å². The zero-order valence-electron chi connectivity index (χ0n) is 16.3. The number of aliphatic imine (C=N–C) groups is 1. The van der Waals surface area contributed by atoms with E-state index in [-0.39, 0.29) is 23.5 Å². The molecular formula is C19H29N5O3S. The first kappa shape index (κ1) is 20.4. The van der Waals surface area contributed by atoms with E-state index in [1.807, 2.05) is 18.2 Å². The van der Waals surface area contributed by atoms with Gasteiger partial charge in [-0.15, -0.1) is 0 Å². The van der Waals surface area contributed by atoms with Crippen LogP contribution in [0.3, 0.4) is 0 Å². The third-order valence-electron chi connectivity index (χ3n) is 5.15. The minimum absolute atomic E-state index is 0.0551. The van der Waals surface area contributed by atoms with E-state index in [1.54, 1.807) is 7.05 Å². The number of piperazine rings is 1. The van der Waals surface area contributed by atoms with Gasteiger partial charge < -0.3 is 20.4 Å². The summed E-state index contributed by atoms with van der Waals surface area (Å²) in [4.78, 5) is 20.9. The number of nitrogens with zero attached hydrogens (tertiary/aromatic N) is 3. The van der Waals surface area contributed by atoms with Crippen LogP contribution in [0.1, 0.15) is 12.8 Å². The Morgan fingerprint density at radius 2 is 1.89 bits per heavy atom. The molecule has 0 radical (unpaired) electrons. The molecular weight excluding hydrogens is 378 g/mol. The molecule has 2 aliphatic rings. The van der Waals surface area contributed by atoms with Gasteiger partial charge in [0.15, 0.2) is 15.8 Å². The van der Waals surface area contributed by atoms with Crippen molar-refractivity contribution in [2.24, 2.45) is 4.99 Å². The van der Waals surface area contributed by atoms with Crippen molar-refractivity contribution in [2.75, 3.05) is 56.2 Å². The molecule has 3 rings (SSSR count). The number of anilines is 1. The lowest BCUT2D eigenvalue weighted by Crippen LogP contribution is -2.53. The van der Waals surface area contributed by atoms with Gasteiger partial charge in [0.2, 0.25) is 5.91 Å². The Labute approximate surface area is 166 Å². The van der Waals surface area contributed by atoms with Crippen LogP contribution in [0.5, 0.6) is 0 Å². The molecule has 1 amide bonds.